The van der Waals surface area contributed by atoms with Crippen molar-refractivity contribution in [2.45, 2.75) is 18.9 Å². The van der Waals surface area contributed by atoms with Crippen molar-refractivity contribution in [3.8, 4) is 0 Å². The van der Waals surface area contributed by atoms with Gasteiger partial charge in [0.25, 0.3) is 0 Å². The molecule has 0 aromatic carbocycles. The van der Waals surface area contributed by atoms with Crippen molar-refractivity contribution >= 4 is 5.91 Å². The van der Waals surface area contributed by atoms with E-state index in [1.54, 1.807) is 0 Å². The van der Waals surface area contributed by atoms with Crippen LogP contribution >= 0.6 is 0 Å². The fraction of sp³-hybridized carbons (Fsp3) is 0.889. The number of aliphatic hydroxyl groups is 2. The lowest BCUT2D eigenvalue weighted by Crippen LogP contribution is -2.59. The van der Waals surface area contributed by atoms with Crippen molar-refractivity contribution in [2.75, 3.05) is 26.3 Å². The molecule has 0 saturated carbocycles. The van der Waals surface area contributed by atoms with Gasteiger partial charge in [-0.05, 0) is 6.42 Å². The summed E-state index contributed by atoms with van der Waals surface area (Å²) in [7, 11) is 0. The molecule has 1 saturated heterocycles. The summed E-state index contributed by atoms with van der Waals surface area (Å²) in [5.41, 5.74) is -0.854. The van der Waals surface area contributed by atoms with E-state index < -0.39 is 5.54 Å². The largest absolute Gasteiger partial charge is 0.394 e. The smallest absolute Gasteiger partial charge is 0.226 e. The van der Waals surface area contributed by atoms with Crippen molar-refractivity contribution < 1.29 is 15.0 Å². The highest BCUT2D eigenvalue weighted by molar-refractivity contribution is 5.80. The number of amides is 1. The predicted octanol–water partition coefficient (Wildman–Crippen LogP) is -1.54. The molecule has 82 valence electrons. The van der Waals surface area contributed by atoms with E-state index in [0.29, 0.717) is 19.5 Å². The van der Waals surface area contributed by atoms with Crippen molar-refractivity contribution in [3.05, 3.63) is 0 Å². The van der Waals surface area contributed by atoms with Gasteiger partial charge < -0.3 is 20.8 Å². The zero-order chi connectivity index (χ0) is 10.6. The van der Waals surface area contributed by atoms with Crippen LogP contribution in [0.2, 0.25) is 0 Å². The maximum atomic E-state index is 11.5. The van der Waals surface area contributed by atoms with E-state index >= 15 is 0 Å². The molecule has 5 heteroatoms. The summed E-state index contributed by atoms with van der Waals surface area (Å²) < 4.78 is 0. The number of nitrogens with one attached hydrogen (secondary N) is 2. The van der Waals surface area contributed by atoms with Crippen LogP contribution in [0.15, 0.2) is 0 Å². The van der Waals surface area contributed by atoms with Crippen molar-refractivity contribution in [3.63, 3.8) is 0 Å². The zero-order valence-corrected chi connectivity index (χ0v) is 8.42. The lowest BCUT2D eigenvalue weighted by Gasteiger charge is -2.34. The number of rotatable bonds is 5. The van der Waals surface area contributed by atoms with Gasteiger partial charge in [-0.3, -0.25) is 4.79 Å². The first kappa shape index (κ1) is 11.4. The van der Waals surface area contributed by atoms with Crippen LogP contribution in [0.25, 0.3) is 0 Å². The molecule has 1 rings (SSSR count). The molecule has 5 nitrogen and oxygen atoms in total. The average molecular weight is 202 g/mol. The third-order valence-corrected chi connectivity index (χ3v) is 2.82. The molecule has 1 heterocycles. The van der Waals surface area contributed by atoms with Gasteiger partial charge in [0.1, 0.15) is 0 Å². The Morgan fingerprint density at radius 2 is 2.07 bits per heavy atom. The van der Waals surface area contributed by atoms with Gasteiger partial charge in [0.15, 0.2) is 0 Å². The van der Waals surface area contributed by atoms with Crippen LogP contribution in [0, 0.1) is 5.92 Å². The van der Waals surface area contributed by atoms with Crippen LogP contribution in [0.3, 0.4) is 0 Å². The fourth-order valence-electron chi connectivity index (χ4n) is 1.28. The molecule has 1 amide bonds. The summed E-state index contributed by atoms with van der Waals surface area (Å²) in [4.78, 5) is 11.5. The summed E-state index contributed by atoms with van der Waals surface area (Å²) in [6.45, 7) is 2.73. The lowest BCUT2D eigenvalue weighted by atomic mass is 9.95. The molecule has 0 atom stereocenters. The summed E-state index contributed by atoms with van der Waals surface area (Å²) in [6.07, 6.45) is 0.520. The van der Waals surface area contributed by atoms with Crippen LogP contribution in [-0.4, -0.2) is 48.0 Å². The molecule has 0 radical (unpaired) electrons. The number of carbonyl (C=O) groups excluding carboxylic acids is 1. The molecular formula is C9H18N2O3. The van der Waals surface area contributed by atoms with Crippen molar-refractivity contribution in [2.24, 2.45) is 5.92 Å². The van der Waals surface area contributed by atoms with Crippen LogP contribution in [0.4, 0.5) is 0 Å². The second-order valence-corrected chi connectivity index (χ2v) is 3.79. The molecule has 0 aliphatic carbocycles. The van der Waals surface area contributed by atoms with Gasteiger partial charge in [0.05, 0.1) is 24.7 Å². The maximum Gasteiger partial charge on any atom is 0.226 e. The Kier molecular flexibility index (Phi) is 3.86. The van der Waals surface area contributed by atoms with E-state index in [0.717, 1.165) is 0 Å². The minimum Gasteiger partial charge on any atom is -0.394 e. The first-order chi connectivity index (χ1) is 6.67. The highest BCUT2D eigenvalue weighted by Gasteiger charge is 2.33. The molecule has 1 aliphatic rings. The quantitative estimate of drug-likeness (QED) is 0.435. The van der Waals surface area contributed by atoms with Crippen LogP contribution in [0.1, 0.15) is 13.3 Å². The van der Waals surface area contributed by atoms with E-state index in [-0.39, 0.29) is 25.0 Å². The number of carbonyl (C=O) groups is 1. The highest BCUT2D eigenvalue weighted by atomic mass is 16.3. The molecule has 14 heavy (non-hydrogen) atoms. The topological polar surface area (TPSA) is 81.6 Å². The van der Waals surface area contributed by atoms with Gasteiger partial charge in [0, 0.05) is 13.1 Å². The Morgan fingerprint density at radius 1 is 1.50 bits per heavy atom. The van der Waals surface area contributed by atoms with E-state index in [1.807, 2.05) is 6.92 Å². The van der Waals surface area contributed by atoms with Crippen molar-refractivity contribution in [1.29, 1.82) is 0 Å². The minimum absolute atomic E-state index is 0.0148. The van der Waals surface area contributed by atoms with Gasteiger partial charge in [-0.15, -0.1) is 0 Å². The van der Waals surface area contributed by atoms with Gasteiger partial charge >= 0.3 is 0 Å². The monoisotopic (exact) mass is 202 g/mol. The van der Waals surface area contributed by atoms with Gasteiger partial charge in [0.2, 0.25) is 5.91 Å². The Hall–Kier alpha value is -0.650. The predicted molar refractivity (Wildman–Crippen MR) is 51.7 cm³/mol. The molecule has 0 unspecified atom stereocenters. The molecule has 0 spiro atoms. The molecular weight excluding hydrogens is 184 g/mol. The first-order valence-corrected chi connectivity index (χ1v) is 4.92. The SMILES string of the molecule is CCC(CO)(CO)NC(=O)C1CNC1. The molecule has 0 bridgehead atoms. The molecule has 1 fully saturated rings. The molecule has 4 N–H and O–H groups in total. The Bertz CT molecular complexity index is 192. The van der Waals surface area contributed by atoms with Crippen LogP contribution in [0.5, 0.6) is 0 Å². The van der Waals surface area contributed by atoms with Crippen LogP contribution < -0.4 is 10.6 Å². The zero-order valence-electron chi connectivity index (χ0n) is 8.42. The van der Waals surface area contributed by atoms with E-state index in [2.05, 4.69) is 10.6 Å². The summed E-state index contributed by atoms with van der Waals surface area (Å²) in [5, 5.41) is 23.9. The molecule has 0 aromatic rings. The van der Waals surface area contributed by atoms with Gasteiger partial charge in [-0.25, -0.2) is 0 Å². The van der Waals surface area contributed by atoms with Gasteiger partial charge in [-0.1, -0.05) is 6.92 Å². The fourth-order valence-corrected chi connectivity index (χ4v) is 1.28. The lowest BCUT2D eigenvalue weighted by molar-refractivity contribution is -0.129. The minimum atomic E-state index is -0.854. The summed E-state index contributed by atoms with van der Waals surface area (Å²) in [6, 6.07) is 0. The summed E-state index contributed by atoms with van der Waals surface area (Å²) >= 11 is 0. The average Bonchev–Trinajstić information content (AvgIpc) is 2.11. The second kappa shape index (κ2) is 4.72. The molecule has 1 aliphatic heterocycles. The Morgan fingerprint density at radius 3 is 2.36 bits per heavy atom. The van der Waals surface area contributed by atoms with E-state index in [4.69, 9.17) is 10.2 Å². The second-order valence-electron chi connectivity index (χ2n) is 3.79. The molecule has 0 aromatic heterocycles. The van der Waals surface area contributed by atoms with E-state index in [1.165, 1.54) is 0 Å². The number of hydrogen-bond acceptors (Lipinski definition) is 4. The number of aliphatic hydroxyl groups excluding tert-OH is 2. The number of hydrogen-bond donors (Lipinski definition) is 4. The standard InChI is InChI=1S/C9H18N2O3/c1-2-9(5-12,6-13)11-8(14)7-3-10-4-7/h7,10,12-13H,2-6H2,1H3,(H,11,14). The summed E-state index contributed by atoms with van der Waals surface area (Å²) in [5.74, 6) is -0.104. The van der Waals surface area contributed by atoms with Crippen LogP contribution in [-0.2, 0) is 4.79 Å². The van der Waals surface area contributed by atoms with Crippen molar-refractivity contribution in [1.82, 2.24) is 10.6 Å². The van der Waals surface area contributed by atoms with Gasteiger partial charge in [-0.2, -0.15) is 0 Å². The Labute approximate surface area is 83.5 Å². The highest BCUT2D eigenvalue weighted by Crippen LogP contribution is 2.11. The Balaban J connectivity index is 2.49. The van der Waals surface area contributed by atoms with E-state index in [9.17, 15) is 4.79 Å². The normalized spacial score (nSPS) is 17.6. The third-order valence-electron chi connectivity index (χ3n) is 2.82. The maximum absolute atomic E-state index is 11.5. The third kappa shape index (κ3) is 2.23. The first-order valence-electron chi connectivity index (χ1n) is 4.92.